The van der Waals surface area contributed by atoms with Gasteiger partial charge in [0.15, 0.2) is 0 Å². The van der Waals surface area contributed by atoms with E-state index in [1.807, 2.05) is 4.90 Å². The molecule has 1 saturated heterocycles. The lowest BCUT2D eigenvalue weighted by atomic mass is 10.1. The van der Waals surface area contributed by atoms with Crippen molar-refractivity contribution in [3.05, 3.63) is 74.9 Å². The number of esters is 1. The minimum absolute atomic E-state index is 0.170. The predicted molar refractivity (Wildman–Crippen MR) is 100.0 cm³/mol. The van der Waals surface area contributed by atoms with Gasteiger partial charge in [0.2, 0.25) is 5.88 Å². The molecule has 130 valence electrons. The summed E-state index contributed by atoms with van der Waals surface area (Å²) < 4.78 is 7.97. The summed E-state index contributed by atoms with van der Waals surface area (Å²) in [6.45, 7) is 1.61. The predicted octanol–water partition coefficient (Wildman–Crippen LogP) is 3.71. The van der Waals surface area contributed by atoms with Crippen molar-refractivity contribution >= 4 is 28.1 Å². The fourth-order valence-electron chi connectivity index (χ4n) is 2.69. The second-order valence-corrected chi connectivity index (χ2v) is 6.77. The Morgan fingerprint density at radius 1 is 1.04 bits per heavy atom. The third kappa shape index (κ3) is 4.60. The molecule has 5 nitrogen and oxygen atoms in total. The number of likely N-dealkylation sites (tertiary alicyclic amines) is 1. The van der Waals surface area contributed by atoms with Gasteiger partial charge in [0, 0.05) is 29.8 Å². The van der Waals surface area contributed by atoms with Gasteiger partial charge in [0.1, 0.15) is 0 Å². The molecule has 2 aromatic rings. The largest absolute Gasteiger partial charge is 0.404 e. The van der Waals surface area contributed by atoms with Crippen LogP contribution in [0, 0.1) is 0 Å². The van der Waals surface area contributed by atoms with E-state index in [2.05, 4.69) is 15.9 Å². The maximum absolute atomic E-state index is 12.5. The van der Waals surface area contributed by atoms with Gasteiger partial charge in [-0.2, -0.15) is 0 Å². The van der Waals surface area contributed by atoms with Crippen molar-refractivity contribution in [3.63, 3.8) is 0 Å². The second-order valence-electron chi connectivity index (χ2n) is 5.86. The smallest absolute Gasteiger partial charge is 0.344 e. The van der Waals surface area contributed by atoms with Crippen molar-refractivity contribution in [3.8, 4) is 0 Å². The Labute approximate surface area is 154 Å². The number of carbonyl (C=O) groups is 1. The maximum atomic E-state index is 12.5. The number of nitrogens with zero attached hydrogens (tertiary/aromatic N) is 2. The molecular formula is C19H19BrN2O3. The van der Waals surface area contributed by atoms with E-state index >= 15 is 0 Å². The van der Waals surface area contributed by atoms with Crippen molar-refractivity contribution in [2.45, 2.75) is 19.3 Å². The fourth-order valence-corrected chi connectivity index (χ4v) is 2.96. The minimum atomic E-state index is -0.437. The molecule has 0 spiro atoms. The number of hydrogen-bond acceptors (Lipinski definition) is 4. The van der Waals surface area contributed by atoms with Crippen molar-refractivity contribution in [1.82, 2.24) is 9.47 Å². The van der Waals surface area contributed by atoms with Gasteiger partial charge in [-0.15, -0.1) is 0 Å². The van der Waals surface area contributed by atoms with Gasteiger partial charge in [-0.1, -0.05) is 22.0 Å². The zero-order valence-corrected chi connectivity index (χ0v) is 15.3. The molecule has 0 radical (unpaired) electrons. The first kappa shape index (κ1) is 17.5. The summed E-state index contributed by atoms with van der Waals surface area (Å²) in [6, 6.07) is 11.9. The average Bonchev–Trinajstić information content (AvgIpc) is 2.64. The van der Waals surface area contributed by atoms with Gasteiger partial charge < -0.3 is 9.64 Å². The van der Waals surface area contributed by atoms with Crippen LogP contribution >= 0.6 is 15.9 Å². The summed E-state index contributed by atoms with van der Waals surface area (Å²) in [5.74, 6) is -0.0331. The van der Waals surface area contributed by atoms with Crippen LogP contribution < -0.4 is 5.56 Å². The van der Waals surface area contributed by atoms with Crippen LogP contribution in [0.1, 0.15) is 29.6 Å². The van der Waals surface area contributed by atoms with Gasteiger partial charge in [0.05, 0.1) is 11.8 Å². The summed E-state index contributed by atoms with van der Waals surface area (Å²) >= 11 is 3.35. The highest BCUT2D eigenvalue weighted by molar-refractivity contribution is 9.10. The van der Waals surface area contributed by atoms with Gasteiger partial charge in [-0.05, 0) is 49.6 Å². The minimum Gasteiger partial charge on any atom is -0.404 e. The van der Waals surface area contributed by atoms with Crippen LogP contribution in [0.5, 0.6) is 0 Å². The highest BCUT2D eigenvalue weighted by atomic mass is 79.9. The molecule has 25 heavy (non-hydrogen) atoms. The van der Waals surface area contributed by atoms with E-state index in [-0.39, 0.29) is 5.56 Å². The molecule has 0 bridgehead atoms. The Kier molecular flexibility index (Phi) is 5.71. The van der Waals surface area contributed by atoms with E-state index in [1.54, 1.807) is 48.8 Å². The Hall–Kier alpha value is -2.34. The van der Waals surface area contributed by atoms with E-state index in [0.717, 1.165) is 36.8 Å². The molecule has 1 aromatic heterocycles. The van der Waals surface area contributed by atoms with Gasteiger partial charge in [-0.25, -0.2) is 4.79 Å². The van der Waals surface area contributed by atoms with Crippen LogP contribution in [-0.4, -0.2) is 28.5 Å². The summed E-state index contributed by atoms with van der Waals surface area (Å²) in [4.78, 5) is 26.5. The highest BCUT2D eigenvalue weighted by Gasteiger charge is 2.19. The zero-order valence-electron chi connectivity index (χ0n) is 13.7. The van der Waals surface area contributed by atoms with Crippen molar-refractivity contribution in [2.75, 3.05) is 13.1 Å². The maximum Gasteiger partial charge on any atom is 0.344 e. The topological polar surface area (TPSA) is 51.5 Å². The molecule has 1 fully saturated rings. The lowest BCUT2D eigenvalue weighted by Crippen LogP contribution is -2.32. The van der Waals surface area contributed by atoms with Crippen molar-refractivity contribution in [2.24, 2.45) is 0 Å². The molecule has 0 atom stereocenters. The normalized spacial score (nSPS) is 15.1. The molecule has 2 heterocycles. The lowest BCUT2D eigenvalue weighted by molar-refractivity contribution is 0.0482. The highest BCUT2D eigenvalue weighted by Crippen LogP contribution is 2.19. The third-order valence-electron chi connectivity index (χ3n) is 4.05. The molecule has 1 aliphatic heterocycles. The Balaban J connectivity index is 1.88. The number of pyridine rings is 1. The van der Waals surface area contributed by atoms with E-state index in [4.69, 9.17) is 4.74 Å². The number of benzene rings is 1. The fraction of sp³-hybridized carbons (Fsp3) is 0.263. The first-order valence-corrected chi connectivity index (χ1v) is 9.04. The SMILES string of the molecule is O=C(O/C(=C\n1ccccc1=O)N1CCCCC1)c1ccc(Br)cc1. The first-order chi connectivity index (χ1) is 12.1. The molecule has 1 aromatic carbocycles. The Morgan fingerprint density at radius 2 is 1.76 bits per heavy atom. The van der Waals surface area contributed by atoms with Crippen LogP contribution in [0.2, 0.25) is 0 Å². The van der Waals surface area contributed by atoms with E-state index in [0.29, 0.717) is 11.4 Å². The van der Waals surface area contributed by atoms with Gasteiger partial charge in [-0.3, -0.25) is 9.36 Å². The molecule has 0 unspecified atom stereocenters. The number of hydrogen-bond donors (Lipinski definition) is 0. The molecule has 0 saturated carbocycles. The van der Waals surface area contributed by atoms with Gasteiger partial charge in [0.25, 0.3) is 5.56 Å². The first-order valence-electron chi connectivity index (χ1n) is 8.25. The van der Waals surface area contributed by atoms with Crippen molar-refractivity contribution in [1.29, 1.82) is 0 Å². The molecule has 0 aliphatic carbocycles. The molecule has 1 aliphatic rings. The second kappa shape index (κ2) is 8.16. The molecule has 0 N–H and O–H groups in total. The number of ether oxygens (including phenoxy) is 1. The lowest BCUT2D eigenvalue weighted by Gasteiger charge is -2.29. The van der Waals surface area contributed by atoms with Crippen LogP contribution in [0.15, 0.2) is 63.8 Å². The Bertz CT molecular complexity index is 821. The third-order valence-corrected chi connectivity index (χ3v) is 4.57. The van der Waals surface area contributed by atoms with Crippen molar-refractivity contribution < 1.29 is 9.53 Å². The van der Waals surface area contributed by atoms with Crippen LogP contribution in [0.4, 0.5) is 0 Å². The molecule has 6 heteroatoms. The summed E-state index contributed by atoms with van der Waals surface area (Å²) in [6.07, 6.45) is 6.48. The summed E-state index contributed by atoms with van der Waals surface area (Å²) in [5, 5.41) is 0. The standard InChI is InChI=1S/C19H19BrN2O3/c20-16-9-7-15(8-10-16)19(24)25-18(21-11-3-1-4-12-21)14-22-13-5-2-6-17(22)23/h2,5-10,13-14H,1,3-4,11-12H2/b18-14-. The average molecular weight is 403 g/mol. The molecule has 0 amide bonds. The van der Waals surface area contributed by atoms with Crippen LogP contribution in [0.25, 0.3) is 6.20 Å². The van der Waals surface area contributed by atoms with Gasteiger partial charge >= 0.3 is 5.97 Å². The zero-order chi connectivity index (χ0) is 17.6. The van der Waals surface area contributed by atoms with Crippen LogP contribution in [0.3, 0.4) is 0 Å². The summed E-state index contributed by atoms with van der Waals surface area (Å²) in [7, 11) is 0. The number of rotatable bonds is 4. The van der Waals surface area contributed by atoms with E-state index in [9.17, 15) is 9.59 Å². The number of carbonyl (C=O) groups excluding carboxylic acids is 1. The molecular weight excluding hydrogens is 384 g/mol. The summed E-state index contributed by atoms with van der Waals surface area (Å²) in [5.41, 5.74) is 0.295. The van der Waals surface area contributed by atoms with Crippen LogP contribution in [-0.2, 0) is 4.74 Å². The Morgan fingerprint density at radius 3 is 2.44 bits per heavy atom. The number of piperidine rings is 1. The quantitative estimate of drug-likeness (QED) is 0.577. The number of halogens is 1. The monoisotopic (exact) mass is 402 g/mol. The van der Waals surface area contributed by atoms with E-state index in [1.165, 1.54) is 10.6 Å². The molecule has 3 rings (SSSR count). The number of aromatic nitrogens is 1. The van der Waals surface area contributed by atoms with E-state index < -0.39 is 5.97 Å².